The first-order chi connectivity index (χ1) is 10.8. The number of carbonyl (C=O) groups excluding carboxylic acids is 1. The van der Waals surface area contributed by atoms with E-state index < -0.39 is 28.1 Å². The third-order valence-electron chi connectivity index (χ3n) is 2.90. The average molecular weight is 317 g/mol. The second kappa shape index (κ2) is 6.08. The van der Waals surface area contributed by atoms with Gasteiger partial charge in [-0.15, -0.1) is 0 Å². The predicted octanol–water partition coefficient (Wildman–Crippen LogP) is 1.95. The van der Waals surface area contributed by atoms with Crippen molar-refractivity contribution >= 4 is 5.78 Å². The van der Waals surface area contributed by atoms with E-state index in [1.165, 1.54) is 6.08 Å². The van der Waals surface area contributed by atoms with Crippen LogP contribution in [0.4, 0.5) is 4.39 Å². The lowest BCUT2D eigenvalue weighted by molar-refractivity contribution is -0.418. The Labute approximate surface area is 128 Å². The number of rotatable bonds is 2. The molecule has 1 heterocycles. The molecular weight excluding hydrogens is 309 g/mol. The summed E-state index contributed by atoms with van der Waals surface area (Å²) < 4.78 is 13.3. The number of carbonyl (C=O) groups is 1. The van der Waals surface area contributed by atoms with Crippen molar-refractivity contribution in [2.75, 3.05) is 0 Å². The molecule has 0 radical (unpaired) electrons. The zero-order chi connectivity index (χ0) is 17.1. The van der Waals surface area contributed by atoms with Crippen LogP contribution < -0.4 is 0 Å². The van der Waals surface area contributed by atoms with Crippen molar-refractivity contribution in [2.45, 2.75) is 0 Å². The van der Waals surface area contributed by atoms with Crippen molar-refractivity contribution in [3.63, 3.8) is 0 Å². The smallest absolute Gasteiger partial charge is 0.320 e. The number of Topliss-reactive ketones (excluding diaryl/α,β-unsaturated/α-hetero) is 1. The van der Waals surface area contributed by atoms with Crippen molar-refractivity contribution < 1.29 is 24.4 Å². The van der Waals surface area contributed by atoms with Crippen LogP contribution in [-0.4, -0.2) is 26.1 Å². The van der Waals surface area contributed by atoms with E-state index in [1.54, 1.807) is 6.07 Å². The van der Waals surface area contributed by atoms with Gasteiger partial charge in [0.25, 0.3) is 5.78 Å². The van der Waals surface area contributed by atoms with Gasteiger partial charge in [0, 0.05) is 18.4 Å². The molecule has 2 rings (SSSR count). The summed E-state index contributed by atoms with van der Waals surface area (Å²) in [5.74, 6) is -3.00. The molecular formula is C14H8FN3O5. The molecule has 0 unspecified atom stereocenters. The zero-order valence-corrected chi connectivity index (χ0v) is 11.3. The van der Waals surface area contributed by atoms with Gasteiger partial charge in [0.1, 0.15) is 0 Å². The first-order valence-corrected chi connectivity index (χ1v) is 6.04. The number of ketones is 1. The van der Waals surface area contributed by atoms with E-state index in [1.807, 2.05) is 0 Å². The average Bonchev–Trinajstić information content (AvgIpc) is 2.50. The lowest BCUT2D eigenvalue weighted by Crippen LogP contribution is -2.17. The topological polar surface area (TPSA) is 128 Å². The Morgan fingerprint density at radius 2 is 2.13 bits per heavy atom. The standard InChI is InChI=1S/C14H8FN3O5/c15-13-6-9(1-2-17(13)21)10(7-16)3-8-4-11(18(22)23)14(20)12(19)5-8/h1-6,19,21H/b8-3-,10-9+. The molecule has 9 heteroatoms. The van der Waals surface area contributed by atoms with Crippen LogP contribution in [-0.2, 0) is 4.79 Å². The highest BCUT2D eigenvalue weighted by atomic mass is 19.1. The number of nitriles is 1. The van der Waals surface area contributed by atoms with Crippen LogP contribution in [0.2, 0.25) is 0 Å². The van der Waals surface area contributed by atoms with Gasteiger partial charge in [-0.3, -0.25) is 20.1 Å². The molecule has 2 N–H and O–H groups in total. The van der Waals surface area contributed by atoms with Crippen LogP contribution in [0.3, 0.4) is 0 Å². The van der Waals surface area contributed by atoms with Crippen molar-refractivity contribution in [1.82, 2.24) is 5.06 Å². The van der Waals surface area contributed by atoms with Crippen LogP contribution in [0, 0.1) is 21.4 Å². The van der Waals surface area contributed by atoms with Gasteiger partial charge in [-0.2, -0.15) is 9.65 Å². The summed E-state index contributed by atoms with van der Waals surface area (Å²) in [5, 5.41) is 38.6. The monoisotopic (exact) mass is 317 g/mol. The molecule has 0 fully saturated rings. The highest BCUT2D eigenvalue weighted by Gasteiger charge is 2.29. The van der Waals surface area contributed by atoms with Crippen molar-refractivity contribution in [3.05, 3.63) is 80.8 Å². The number of hydrogen-bond acceptors (Lipinski definition) is 7. The molecule has 0 spiro atoms. The van der Waals surface area contributed by atoms with E-state index in [4.69, 9.17) is 10.5 Å². The Balaban J connectivity index is 2.52. The largest absolute Gasteiger partial charge is 0.504 e. The van der Waals surface area contributed by atoms with E-state index in [9.17, 15) is 24.4 Å². The molecule has 116 valence electrons. The molecule has 1 aliphatic carbocycles. The molecule has 2 aliphatic rings. The van der Waals surface area contributed by atoms with Gasteiger partial charge >= 0.3 is 5.70 Å². The van der Waals surface area contributed by atoms with E-state index in [-0.39, 0.29) is 21.8 Å². The minimum absolute atomic E-state index is 0.0199. The molecule has 0 aromatic heterocycles. The highest BCUT2D eigenvalue weighted by molar-refractivity contribution is 6.06. The lowest BCUT2D eigenvalue weighted by Gasteiger charge is -2.13. The summed E-state index contributed by atoms with van der Waals surface area (Å²) >= 11 is 0. The molecule has 0 bridgehead atoms. The number of hydroxylamine groups is 2. The highest BCUT2D eigenvalue weighted by Crippen LogP contribution is 2.23. The quantitative estimate of drug-likeness (QED) is 0.345. The second-order valence-corrected chi connectivity index (χ2v) is 4.40. The number of halogens is 1. The summed E-state index contributed by atoms with van der Waals surface area (Å²) in [6.07, 6.45) is 6.09. The number of nitrogens with zero attached hydrogens (tertiary/aromatic N) is 3. The molecule has 0 saturated heterocycles. The number of allylic oxidation sites excluding steroid dienone is 8. The summed E-state index contributed by atoms with van der Waals surface area (Å²) in [6.45, 7) is 0. The molecule has 8 nitrogen and oxygen atoms in total. The van der Waals surface area contributed by atoms with Crippen molar-refractivity contribution in [2.24, 2.45) is 0 Å². The summed E-state index contributed by atoms with van der Waals surface area (Å²) in [6, 6.07) is 1.77. The van der Waals surface area contributed by atoms with Crippen LogP contribution in [0.25, 0.3) is 0 Å². The van der Waals surface area contributed by atoms with Gasteiger partial charge in [-0.25, -0.2) is 5.06 Å². The molecule has 0 amide bonds. The maximum atomic E-state index is 13.3. The van der Waals surface area contributed by atoms with Crippen LogP contribution in [0.15, 0.2) is 70.7 Å². The van der Waals surface area contributed by atoms with Crippen LogP contribution in [0.1, 0.15) is 0 Å². The number of nitro groups is 1. The molecule has 1 aliphatic heterocycles. The van der Waals surface area contributed by atoms with E-state index in [2.05, 4.69) is 0 Å². The fraction of sp³-hybridized carbons (Fsp3) is 0. The first-order valence-electron chi connectivity index (χ1n) is 6.04. The Bertz CT molecular complexity index is 824. The van der Waals surface area contributed by atoms with Gasteiger partial charge in [-0.1, -0.05) is 0 Å². The second-order valence-electron chi connectivity index (χ2n) is 4.40. The van der Waals surface area contributed by atoms with Gasteiger partial charge in [0.15, 0.2) is 5.76 Å². The maximum absolute atomic E-state index is 13.3. The fourth-order valence-electron chi connectivity index (χ4n) is 1.82. The summed E-state index contributed by atoms with van der Waals surface area (Å²) in [4.78, 5) is 21.2. The van der Waals surface area contributed by atoms with Crippen LogP contribution in [0.5, 0.6) is 0 Å². The van der Waals surface area contributed by atoms with Gasteiger partial charge in [0.2, 0.25) is 5.95 Å². The first kappa shape index (κ1) is 15.9. The Morgan fingerprint density at radius 3 is 2.70 bits per heavy atom. The Kier molecular flexibility index (Phi) is 4.20. The normalized spacial score (nSPS) is 21.4. The van der Waals surface area contributed by atoms with E-state index >= 15 is 0 Å². The zero-order valence-electron chi connectivity index (χ0n) is 11.3. The third-order valence-corrected chi connectivity index (χ3v) is 2.90. The van der Waals surface area contributed by atoms with Crippen LogP contribution >= 0.6 is 0 Å². The fourth-order valence-corrected chi connectivity index (χ4v) is 1.82. The summed E-state index contributed by atoms with van der Waals surface area (Å²) in [5.41, 5.74) is -0.812. The number of hydrogen-bond donors (Lipinski definition) is 2. The SMILES string of the molecule is N#CC(/C=C1\C=C(O)C(=O)C([N+](=O)[O-])=C1)=C1\C=CN(O)C(F)=C1. The van der Waals surface area contributed by atoms with Gasteiger partial charge < -0.3 is 5.11 Å². The predicted molar refractivity (Wildman–Crippen MR) is 73.5 cm³/mol. The summed E-state index contributed by atoms with van der Waals surface area (Å²) in [7, 11) is 0. The van der Waals surface area contributed by atoms with Crippen molar-refractivity contribution in [3.8, 4) is 6.07 Å². The lowest BCUT2D eigenvalue weighted by atomic mass is 9.99. The molecule has 23 heavy (non-hydrogen) atoms. The van der Waals surface area contributed by atoms with E-state index in [0.29, 0.717) is 0 Å². The van der Waals surface area contributed by atoms with Gasteiger partial charge in [-0.05, 0) is 29.4 Å². The maximum Gasteiger partial charge on any atom is 0.320 e. The van der Waals surface area contributed by atoms with E-state index in [0.717, 1.165) is 30.5 Å². The van der Waals surface area contributed by atoms with Crippen molar-refractivity contribution in [1.29, 1.82) is 5.26 Å². The minimum Gasteiger partial charge on any atom is -0.504 e. The molecule has 0 saturated carbocycles. The Morgan fingerprint density at radius 1 is 1.43 bits per heavy atom. The number of aliphatic hydroxyl groups is 1. The third kappa shape index (κ3) is 3.22. The molecule has 0 aromatic carbocycles. The number of aliphatic hydroxyl groups excluding tert-OH is 1. The minimum atomic E-state index is -1.14. The molecule has 0 atom stereocenters. The van der Waals surface area contributed by atoms with Gasteiger partial charge in [0.05, 0.1) is 16.6 Å². The Hall–Kier alpha value is -3.51. The molecule has 0 aromatic rings.